The van der Waals surface area contributed by atoms with Crippen LogP contribution < -0.4 is 4.90 Å². The molecule has 152 valence electrons. The lowest BCUT2D eigenvalue weighted by Crippen LogP contribution is -2.41. The molecule has 1 aromatic heterocycles. The number of rotatable bonds is 3. The first-order valence-electron chi connectivity index (χ1n) is 9.84. The number of likely N-dealkylation sites (tertiary alicyclic amines) is 1. The molecular weight excluding hydrogens is 368 g/mol. The minimum Gasteiger partial charge on any atom is -0.477 e. The number of urea groups is 1. The van der Waals surface area contributed by atoms with Crippen LogP contribution in [-0.2, 0) is 0 Å². The zero-order chi connectivity index (χ0) is 20.7. The molecule has 2 aliphatic rings. The molecule has 3 atom stereocenters. The van der Waals surface area contributed by atoms with Crippen LogP contribution in [0.3, 0.4) is 0 Å². The topological polar surface area (TPSA) is 77.0 Å². The van der Waals surface area contributed by atoms with Crippen molar-refractivity contribution in [1.82, 2.24) is 14.8 Å². The van der Waals surface area contributed by atoms with Crippen molar-refractivity contribution in [3.05, 3.63) is 59.4 Å². The van der Waals surface area contributed by atoms with Crippen LogP contribution in [0.4, 0.5) is 10.5 Å². The second-order valence-corrected chi connectivity index (χ2v) is 8.16. The van der Waals surface area contributed by atoms with E-state index in [4.69, 9.17) is 0 Å². The lowest BCUT2D eigenvalue weighted by Gasteiger charge is -2.33. The van der Waals surface area contributed by atoms with Gasteiger partial charge in [0.2, 0.25) is 0 Å². The monoisotopic (exact) mass is 394 g/mol. The third-order valence-electron chi connectivity index (χ3n) is 6.13. The average Bonchev–Trinajstić information content (AvgIpc) is 3.26. The number of anilines is 1. The summed E-state index contributed by atoms with van der Waals surface area (Å²) in [6.45, 7) is 4.38. The molecule has 0 spiro atoms. The van der Waals surface area contributed by atoms with Crippen molar-refractivity contribution in [2.75, 3.05) is 38.6 Å². The lowest BCUT2D eigenvalue weighted by molar-refractivity contribution is 0.0690. The van der Waals surface area contributed by atoms with Gasteiger partial charge in [-0.15, -0.1) is 0 Å². The zero-order valence-electron chi connectivity index (χ0n) is 16.9. The van der Waals surface area contributed by atoms with E-state index in [1.165, 1.54) is 11.1 Å². The fraction of sp³-hybridized carbons (Fsp3) is 0.409. The molecule has 4 rings (SSSR count). The van der Waals surface area contributed by atoms with E-state index >= 15 is 0 Å². The van der Waals surface area contributed by atoms with E-state index in [9.17, 15) is 14.7 Å². The second-order valence-electron chi connectivity index (χ2n) is 8.16. The molecule has 0 aliphatic carbocycles. The summed E-state index contributed by atoms with van der Waals surface area (Å²) in [5.74, 6) is -0.391. The number of aryl methyl sites for hydroxylation is 1. The Morgan fingerprint density at radius 3 is 2.59 bits per heavy atom. The number of carboxylic acids is 1. The van der Waals surface area contributed by atoms with Gasteiger partial charge < -0.3 is 19.8 Å². The van der Waals surface area contributed by atoms with Gasteiger partial charge in [0.25, 0.3) is 0 Å². The molecule has 0 unspecified atom stereocenters. The highest BCUT2D eigenvalue weighted by Crippen LogP contribution is 2.46. The molecule has 0 saturated carbocycles. The third-order valence-corrected chi connectivity index (χ3v) is 6.13. The van der Waals surface area contributed by atoms with Crippen LogP contribution in [-0.4, -0.2) is 65.6 Å². The maximum absolute atomic E-state index is 12.9. The highest BCUT2D eigenvalue weighted by Gasteiger charge is 2.49. The van der Waals surface area contributed by atoms with Gasteiger partial charge in [-0.25, -0.2) is 14.6 Å². The molecule has 7 nitrogen and oxygen atoms in total. The van der Waals surface area contributed by atoms with Gasteiger partial charge in [0.05, 0.1) is 6.04 Å². The van der Waals surface area contributed by atoms with E-state index in [-0.39, 0.29) is 17.8 Å². The van der Waals surface area contributed by atoms with Gasteiger partial charge in [-0.05, 0) is 30.2 Å². The number of carbonyl (C=O) groups excluding carboxylic acids is 1. The number of carboxylic acid groups (broad SMARTS) is 1. The first kappa shape index (κ1) is 19.2. The highest BCUT2D eigenvalue weighted by atomic mass is 16.4. The molecule has 2 amide bonds. The predicted molar refractivity (Wildman–Crippen MR) is 110 cm³/mol. The van der Waals surface area contributed by atoms with Crippen LogP contribution in [0.5, 0.6) is 0 Å². The third kappa shape index (κ3) is 3.41. The summed E-state index contributed by atoms with van der Waals surface area (Å²) in [6, 6.07) is 11.8. The summed E-state index contributed by atoms with van der Waals surface area (Å²) in [6.07, 6.45) is 1.55. The van der Waals surface area contributed by atoms with Crippen LogP contribution in [0.15, 0.2) is 42.6 Å². The normalized spacial score (nSPS) is 23.2. The largest absolute Gasteiger partial charge is 0.477 e. The van der Waals surface area contributed by atoms with Crippen LogP contribution in [0.25, 0.3) is 0 Å². The molecule has 2 aliphatic heterocycles. The molecule has 2 saturated heterocycles. The number of fused-ring (bicyclic) bond motifs is 1. The predicted octanol–water partition coefficient (Wildman–Crippen LogP) is 2.88. The Hall–Kier alpha value is -3.09. The van der Waals surface area contributed by atoms with Gasteiger partial charge in [-0.3, -0.25) is 0 Å². The standard InChI is InChI=1S/C22H26N4O3/c1-14-6-4-5-7-17(14)20-18-13-25(16-8-9-23-19(10-16)21(27)28)11-15(18)12-26(20)22(29)24(2)3/h4-10,15,18,20H,11-13H2,1-3H3,(H,27,28)/t15-,18-,20+/m1/s1. The molecule has 2 fully saturated rings. The van der Waals surface area contributed by atoms with Crippen molar-refractivity contribution < 1.29 is 14.7 Å². The van der Waals surface area contributed by atoms with E-state index in [2.05, 4.69) is 28.9 Å². The van der Waals surface area contributed by atoms with Gasteiger partial charge in [0.1, 0.15) is 5.69 Å². The van der Waals surface area contributed by atoms with Gasteiger partial charge in [-0.2, -0.15) is 0 Å². The van der Waals surface area contributed by atoms with Crippen molar-refractivity contribution in [3.63, 3.8) is 0 Å². The number of hydrogen-bond acceptors (Lipinski definition) is 4. The number of aromatic carboxylic acids is 1. The van der Waals surface area contributed by atoms with Crippen LogP contribution in [0.1, 0.15) is 27.7 Å². The molecule has 7 heteroatoms. The van der Waals surface area contributed by atoms with E-state index in [0.717, 1.165) is 18.8 Å². The minimum absolute atomic E-state index is 0.0156. The number of pyridine rings is 1. The fourth-order valence-electron chi connectivity index (χ4n) is 4.76. The van der Waals surface area contributed by atoms with E-state index in [1.54, 1.807) is 31.3 Å². The molecule has 1 aromatic carbocycles. The van der Waals surface area contributed by atoms with Crippen molar-refractivity contribution in [2.24, 2.45) is 11.8 Å². The molecule has 29 heavy (non-hydrogen) atoms. The van der Waals surface area contributed by atoms with Gasteiger partial charge in [0.15, 0.2) is 0 Å². The van der Waals surface area contributed by atoms with Gasteiger partial charge >= 0.3 is 12.0 Å². The van der Waals surface area contributed by atoms with Crippen molar-refractivity contribution in [1.29, 1.82) is 0 Å². The van der Waals surface area contributed by atoms with Crippen molar-refractivity contribution in [2.45, 2.75) is 13.0 Å². The van der Waals surface area contributed by atoms with Crippen molar-refractivity contribution in [3.8, 4) is 0 Å². The number of nitrogens with zero attached hydrogens (tertiary/aromatic N) is 4. The van der Waals surface area contributed by atoms with E-state index < -0.39 is 5.97 Å². The molecule has 2 aromatic rings. The van der Waals surface area contributed by atoms with Gasteiger partial charge in [-0.1, -0.05) is 24.3 Å². The van der Waals surface area contributed by atoms with Gasteiger partial charge in [0, 0.05) is 57.4 Å². The summed E-state index contributed by atoms with van der Waals surface area (Å²) in [5, 5.41) is 9.25. The van der Waals surface area contributed by atoms with Crippen LogP contribution in [0.2, 0.25) is 0 Å². The maximum Gasteiger partial charge on any atom is 0.354 e. The number of carbonyl (C=O) groups is 2. The number of hydrogen-bond donors (Lipinski definition) is 1. The minimum atomic E-state index is -1.02. The Bertz CT molecular complexity index is 945. The quantitative estimate of drug-likeness (QED) is 0.866. The van der Waals surface area contributed by atoms with Crippen LogP contribution in [0, 0.1) is 18.8 Å². The Morgan fingerprint density at radius 1 is 1.14 bits per heavy atom. The number of benzene rings is 1. The number of amides is 2. The Morgan fingerprint density at radius 2 is 1.90 bits per heavy atom. The second kappa shape index (κ2) is 7.39. The summed E-state index contributed by atoms with van der Waals surface area (Å²) in [5.41, 5.74) is 3.31. The van der Waals surface area contributed by atoms with E-state index in [0.29, 0.717) is 18.4 Å². The molecular formula is C22H26N4O3. The van der Waals surface area contributed by atoms with E-state index in [1.807, 2.05) is 23.1 Å². The Kier molecular flexibility index (Phi) is 4.90. The van der Waals surface area contributed by atoms with Crippen LogP contribution >= 0.6 is 0 Å². The average molecular weight is 394 g/mol. The summed E-state index contributed by atoms with van der Waals surface area (Å²) in [7, 11) is 3.59. The highest BCUT2D eigenvalue weighted by molar-refractivity contribution is 5.86. The molecule has 1 N–H and O–H groups in total. The first-order chi connectivity index (χ1) is 13.9. The smallest absolute Gasteiger partial charge is 0.354 e. The maximum atomic E-state index is 12.9. The summed E-state index contributed by atoms with van der Waals surface area (Å²) < 4.78 is 0. The fourth-order valence-corrected chi connectivity index (χ4v) is 4.76. The zero-order valence-corrected chi connectivity index (χ0v) is 16.9. The molecule has 0 radical (unpaired) electrons. The first-order valence-corrected chi connectivity index (χ1v) is 9.84. The molecule has 3 heterocycles. The summed E-state index contributed by atoms with van der Waals surface area (Å²) >= 11 is 0. The summed E-state index contributed by atoms with van der Waals surface area (Å²) in [4.78, 5) is 34.0. The Balaban J connectivity index is 1.66. The SMILES string of the molecule is Cc1ccccc1[C@H]1[C@@H]2CN(c3ccnc(C(=O)O)c3)C[C@@H]2CN1C(=O)N(C)C. The Labute approximate surface area is 170 Å². The van der Waals surface area contributed by atoms with Crippen molar-refractivity contribution >= 4 is 17.7 Å². The molecule has 0 bridgehead atoms. The lowest BCUT2D eigenvalue weighted by atomic mass is 9.88. The number of aromatic nitrogens is 1.